The van der Waals surface area contributed by atoms with Crippen LogP contribution in [0.1, 0.15) is 16.1 Å². The lowest BCUT2D eigenvalue weighted by Gasteiger charge is -2.07. The topological polar surface area (TPSA) is 54.9 Å². The zero-order chi connectivity index (χ0) is 13.8. The summed E-state index contributed by atoms with van der Waals surface area (Å²) in [7, 11) is 0. The van der Waals surface area contributed by atoms with Gasteiger partial charge in [0.1, 0.15) is 5.82 Å². The highest BCUT2D eigenvalue weighted by atomic mass is 32.2. The molecule has 0 aliphatic heterocycles. The van der Waals surface area contributed by atoms with Crippen molar-refractivity contribution in [2.24, 2.45) is 0 Å². The monoisotopic (exact) mass is 277 g/mol. The van der Waals surface area contributed by atoms with E-state index in [2.05, 4.69) is 15.3 Å². The fourth-order valence-electron chi connectivity index (χ4n) is 1.50. The molecule has 0 spiro atoms. The van der Waals surface area contributed by atoms with E-state index in [4.69, 9.17) is 0 Å². The first kappa shape index (κ1) is 13.5. The standard InChI is InChI=1S/C13H12FN3OS/c1-8-11(7-15-13(16-8)19-2)12(18)17-10-5-3-9(14)4-6-10/h3-7H,1-2H3,(H,17,18). The smallest absolute Gasteiger partial charge is 0.259 e. The minimum absolute atomic E-state index is 0.309. The van der Waals surface area contributed by atoms with Crippen LogP contribution >= 0.6 is 11.8 Å². The van der Waals surface area contributed by atoms with E-state index < -0.39 is 0 Å². The van der Waals surface area contributed by atoms with Crippen LogP contribution in [0.3, 0.4) is 0 Å². The summed E-state index contributed by atoms with van der Waals surface area (Å²) in [6, 6.07) is 5.57. The van der Waals surface area contributed by atoms with Gasteiger partial charge in [-0.25, -0.2) is 14.4 Å². The average Bonchev–Trinajstić information content (AvgIpc) is 2.41. The zero-order valence-electron chi connectivity index (χ0n) is 10.5. The molecule has 1 aromatic carbocycles. The number of hydrogen-bond donors (Lipinski definition) is 1. The number of thioether (sulfide) groups is 1. The van der Waals surface area contributed by atoms with Gasteiger partial charge in [-0.3, -0.25) is 4.79 Å². The first-order chi connectivity index (χ1) is 9.10. The lowest BCUT2D eigenvalue weighted by Crippen LogP contribution is -2.14. The zero-order valence-corrected chi connectivity index (χ0v) is 11.3. The molecule has 4 nitrogen and oxygen atoms in total. The highest BCUT2D eigenvalue weighted by Gasteiger charge is 2.11. The molecule has 0 aliphatic rings. The van der Waals surface area contributed by atoms with E-state index in [0.29, 0.717) is 22.1 Å². The van der Waals surface area contributed by atoms with Crippen molar-refractivity contribution < 1.29 is 9.18 Å². The summed E-state index contributed by atoms with van der Waals surface area (Å²) in [5.41, 5.74) is 1.54. The second kappa shape index (κ2) is 5.79. The molecule has 2 rings (SSSR count). The predicted molar refractivity (Wildman–Crippen MR) is 72.9 cm³/mol. The van der Waals surface area contributed by atoms with Crippen molar-refractivity contribution in [1.29, 1.82) is 0 Å². The summed E-state index contributed by atoms with van der Waals surface area (Å²) >= 11 is 1.41. The lowest BCUT2D eigenvalue weighted by molar-refractivity contribution is 0.102. The third-order valence-corrected chi connectivity index (χ3v) is 3.05. The predicted octanol–water partition coefficient (Wildman–Crippen LogP) is 2.90. The van der Waals surface area contributed by atoms with Crippen LogP contribution in [0.2, 0.25) is 0 Å². The van der Waals surface area contributed by atoms with Crippen LogP contribution in [0.15, 0.2) is 35.6 Å². The number of benzene rings is 1. The number of anilines is 1. The highest BCUT2D eigenvalue weighted by molar-refractivity contribution is 7.98. The molecule has 0 aliphatic carbocycles. The van der Waals surface area contributed by atoms with E-state index in [-0.39, 0.29) is 11.7 Å². The van der Waals surface area contributed by atoms with Crippen molar-refractivity contribution in [3.63, 3.8) is 0 Å². The number of nitrogens with one attached hydrogen (secondary N) is 1. The minimum atomic E-state index is -0.346. The highest BCUT2D eigenvalue weighted by Crippen LogP contribution is 2.14. The fourth-order valence-corrected chi connectivity index (χ4v) is 1.89. The van der Waals surface area contributed by atoms with E-state index >= 15 is 0 Å². The Labute approximate surface area is 114 Å². The van der Waals surface area contributed by atoms with Crippen molar-refractivity contribution in [2.45, 2.75) is 12.1 Å². The lowest BCUT2D eigenvalue weighted by atomic mass is 10.2. The third-order valence-electron chi connectivity index (χ3n) is 2.49. The number of rotatable bonds is 3. The molecule has 1 aromatic heterocycles. The van der Waals surface area contributed by atoms with Crippen molar-refractivity contribution in [3.8, 4) is 0 Å². The number of carbonyl (C=O) groups excluding carboxylic acids is 1. The van der Waals surface area contributed by atoms with Gasteiger partial charge in [0.15, 0.2) is 5.16 Å². The average molecular weight is 277 g/mol. The second-order valence-corrected chi connectivity index (χ2v) is 4.59. The van der Waals surface area contributed by atoms with E-state index in [9.17, 15) is 9.18 Å². The van der Waals surface area contributed by atoms with Gasteiger partial charge in [-0.15, -0.1) is 0 Å². The summed E-state index contributed by atoms with van der Waals surface area (Å²) in [4.78, 5) is 20.3. The maximum Gasteiger partial charge on any atom is 0.259 e. The van der Waals surface area contributed by atoms with Gasteiger partial charge >= 0.3 is 0 Å². The van der Waals surface area contributed by atoms with Gasteiger partial charge in [-0.2, -0.15) is 0 Å². The molecule has 0 saturated heterocycles. The van der Waals surface area contributed by atoms with Gasteiger partial charge in [0.05, 0.1) is 11.3 Å². The fraction of sp³-hybridized carbons (Fsp3) is 0.154. The summed E-state index contributed by atoms with van der Waals surface area (Å²) in [6.07, 6.45) is 3.36. The molecular formula is C13H12FN3OS. The molecule has 6 heteroatoms. The Hall–Kier alpha value is -1.95. The van der Waals surface area contributed by atoms with Crippen LogP contribution in [0.5, 0.6) is 0 Å². The van der Waals surface area contributed by atoms with Crippen LogP contribution < -0.4 is 5.32 Å². The Kier molecular flexibility index (Phi) is 4.11. The first-order valence-electron chi connectivity index (χ1n) is 5.54. The van der Waals surface area contributed by atoms with E-state index in [1.807, 2.05) is 6.26 Å². The number of aromatic nitrogens is 2. The number of amides is 1. The normalized spacial score (nSPS) is 10.3. The van der Waals surface area contributed by atoms with Gasteiger partial charge in [0.25, 0.3) is 5.91 Å². The third kappa shape index (κ3) is 3.29. The SMILES string of the molecule is CSc1ncc(C(=O)Nc2ccc(F)cc2)c(C)n1. The van der Waals surface area contributed by atoms with Crippen LogP contribution in [-0.2, 0) is 0 Å². The Balaban J connectivity index is 2.18. The van der Waals surface area contributed by atoms with E-state index in [0.717, 1.165) is 0 Å². The summed E-state index contributed by atoms with van der Waals surface area (Å²) < 4.78 is 12.8. The van der Waals surface area contributed by atoms with Gasteiger partial charge in [-0.05, 0) is 37.4 Å². The number of carbonyl (C=O) groups is 1. The Morgan fingerprint density at radius 3 is 2.58 bits per heavy atom. The van der Waals surface area contributed by atoms with Crippen LogP contribution in [0.4, 0.5) is 10.1 Å². The first-order valence-corrected chi connectivity index (χ1v) is 6.77. The van der Waals surface area contributed by atoms with Crippen molar-refractivity contribution in [3.05, 3.63) is 47.5 Å². The van der Waals surface area contributed by atoms with Gasteiger partial charge in [0.2, 0.25) is 0 Å². The van der Waals surface area contributed by atoms with Gasteiger partial charge < -0.3 is 5.32 Å². The minimum Gasteiger partial charge on any atom is -0.322 e. The molecule has 0 unspecified atom stereocenters. The van der Waals surface area contributed by atoms with Gasteiger partial charge in [-0.1, -0.05) is 11.8 Å². The van der Waals surface area contributed by atoms with Crippen LogP contribution in [0.25, 0.3) is 0 Å². The number of hydrogen-bond acceptors (Lipinski definition) is 4. The molecule has 0 bridgehead atoms. The molecule has 0 fully saturated rings. The molecule has 2 aromatic rings. The maximum atomic E-state index is 12.8. The molecule has 0 radical (unpaired) electrons. The summed E-state index contributed by atoms with van der Waals surface area (Å²) in [5.74, 6) is -0.654. The quantitative estimate of drug-likeness (QED) is 0.692. The molecule has 1 amide bonds. The molecule has 19 heavy (non-hydrogen) atoms. The number of halogens is 1. The number of aryl methyl sites for hydroxylation is 1. The van der Waals surface area contributed by atoms with Crippen molar-refractivity contribution in [1.82, 2.24) is 9.97 Å². The van der Waals surface area contributed by atoms with Crippen LogP contribution in [-0.4, -0.2) is 22.1 Å². The van der Waals surface area contributed by atoms with Gasteiger partial charge in [0, 0.05) is 11.9 Å². The van der Waals surface area contributed by atoms with Crippen molar-refractivity contribution in [2.75, 3.05) is 11.6 Å². The Bertz CT molecular complexity index is 601. The van der Waals surface area contributed by atoms with Crippen LogP contribution in [0, 0.1) is 12.7 Å². The largest absolute Gasteiger partial charge is 0.322 e. The summed E-state index contributed by atoms with van der Waals surface area (Å²) in [6.45, 7) is 1.75. The van der Waals surface area contributed by atoms with E-state index in [1.165, 1.54) is 42.2 Å². The molecule has 98 valence electrons. The molecule has 1 heterocycles. The summed E-state index contributed by atoms with van der Waals surface area (Å²) in [5, 5.41) is 3.29. The van der Waals surface area contributed by atoms with E-state index in [1.54, 1.807) is 6.92 Å². The van der Waals surface area contributed by atoms with Crippen molar-refractivity contribution >= 4 is 23.4 Å². The Morgan fingerprint density at radius 2 is 2.00 bits per heavy atom. The molecule has 1 N–H and O–H groups in total. The number of nitrogens with zero attached hydrogens (tertiary/aromatic N) is 2. The second-order valence-electron chi connectivity index (χ2n) is 3.82. The molecule has 0 saturated carbocycles. The molecule has 0 atom stereocenters. The maximum absolute atomic E-state index is 12.8. The molecular weight excluding hydrogens is 265 g/mol. The Morgan fingerprint density at radius 1 is 1.32 bits per heavy atom.